The maximum absolute atomic E-state index is 13.3. The molecule has 3 aromatic carbocycles. The van der Waals surface area contributed by atoms with Crippen molar-refractivity contribution in [2.75, 3.05) is 5.32 Å². The van der Waals surface area contributed by atoms with Gasteiger partial charge in [-0.1, -0.05) is 71.4 Å². The number of fused-ring (bicyclic) bond motifs is 1. The lowest BCUT2D eigenvalue weighted by molar-refractivity contribution is -0.115. The van der Waals surface area contributed by atoms with Crippen LogP contribution in [0.15, 0.2) is 82.7 Å². The van der Waals surface area contributed by atoms with Crippen LogP contribution in [0.25, 0.3) is 16.6 Å². The molecule has 4 rings (SSSR count). The molecular weight excluding hydrogens is 453 g/mol. The molecule has 0 bridgehead atoms. The Kier molecular flexibility index (Phi) is 6.32. The smallest absolute Gasteiger partial charge is 0.266 e. The van der Waals surface area contributed by atoms with Crippen LogP contribution in [-0.2, 0) is 4.79 Å². The van der Waals surface area contributed by atoms with Crippen molar-refractivity contribution in [3.05, 3.63) is 93.2 Å². The molecule has 0 aliphatic rings. The number of aromatic nitrogens is 2. The van der Waals surface area contributed by atoms with Crippen molar-refractivity contribution in [1.82, 2.24) is 9.55 Å². The van der Waals surface area contributed by atoms with Crippen molar-refractivity contribution in [3.63, 3.8) is 0 Å². The molecule has 1 N–H and O–H groups in total. The minimum Gasteiger partial charge on any atom is -0.324 e. The van der Waals surface area contributed by atoms with E-state index in [0.29, 0.717) is 37.5 Å². The molecule has 0 saturated heterocycles. The van der Waals surface area contributed by atoms with Crippen LogP contribution >= 0.6 is 35.0 Å². The van der Waals surface area contributed by atoms with Crippen LogP contribution in [0.5, 0.6) is 0 Å². The lowest BCUT2D eigenvalue weighted by Gasteiger charge is -2.17. The fourth-order valence-electron chi connectivity index (χ4n) is 3.05. The molecule has 0 aliphatic carbocycles. The molecule has 5 nitrogen and oxygen atoms in total. The van der Waals surface area contributed by atoms with E-state index >= 15 is 0 Å². The summed E-state index contributed by atoms with van der Waals surface area (Å²) in [4.78, 5) is 30.8. The summed E-state index contributed by atoms with van der Waals surface area (Å²) >= 11 is 13.7. The third-order valence-corrected chi connectivity index (χ3v) is 6.32. The van der Waals surface area contributed by atoms with Crippen molar-refractivity contribution in [3.8, 4) is 5.69 Å². The first-order valence-electron chi connectivity index (χ1n) is 9.44. The van der Waals surface area contributed by atoms with Gasteiger partial charge in [0.25, 0.3) is 5.56 Å². The van der Waals surface area contributed by atoms with Gasteiger partial charge in [0.05, 0.1) is 37.6 Å². The third kappa shape index (κ3) is 4.46. The molecule has 156 valence electrons. The van der Waals surface area contributed by atoms with Crippen molar-refractivity contribution >= 4 is 57.5 Å². The molecule has 0 radical (unpaired) electrons. The molecule has 8 heteroatoms. The summed E-state index contributed by atoms with van der Waals surface area (Å²) in [5, 5.41) is 3.97. The van der Waals surface area contributed by atoms with Crippen molar-refractivity contribution < 1.29 is 4.79 Å². The number of nitrogens with one attached hydrogen (secondary N) is 1. The minimum atomic E-state index is -0.557. The van der Waals surface area contributed by atoms with E-state index in [4.69, 9.17) is 23.2 Å². The highest BCUT2D eigenvalue weighted by atomic mass is 35.5. The third-order valence-electron chi connectivity index (χ3n) is 4.62. The normalized spacial score (nSPS) is 12.0. The molecule has 1 unspecified atom stereocenters. The molecular formula is C23H17Cl2N3O2S. The first-order chi connectivity index (χ1) is 15.0. The summed E-state index contributed by atoms with van der Waals surface area (Å²) in [6.07, 6.45) is 0. The first kappa shape index (κ1) is 21.4. The monoisotopic (exact) mass is 469 g/mol. The van der Waals surface area contributed by atoms with E-state index < -0.39 is 5.25 Å². The highest BCUT2D eigenvalue weighted by Gasteiger charge is 2.21. The number of carbonyl (C=O) groups is 1. The molecule has 0 spiro atoms. The number of anilines is 1. The SMILES string of the molecule is CC(Sc1nc2ccccc2c(=O)n1-c1ccccc1Cl)C(=O)Nc1ccccc1Cl. The predicted octanol–water partition coefficient (Wildman–Crippen LogP) is 5.81. The Labute approximate surface area is 193 Å². The molecule has 1 heterocycles. The van der Waals surface area contributed by atoms with Gasteiger partial charge >= 0.3 is 0 Å². The topological polar surface area (TPSA) is 64.0 Å². The Morgan fingerprint density at radius 1 is 0.968 bits per heavy atom. The maximum Gasteiger partial charge on any atom is 0.266 e. The van der Waals surface area contributed by atoms with Gasteiger partial charge in [-0.2, -0.15) is 0 Å². The highest BCUT2D eigenvalue weighted by molar-refractivity contribution is 8.00. The highest BCUT2D eigenvalue weighted by Crippen LogP contribution is 2.29. The Balaban J connectivity index is 1.75. The van der Waals surface area contributed by atoms with Gasteiger partial charge in [-0.3, -0.25) is 14.2 Å². The van der Waals surface area contributed by atoms with Crippen LogP contribution in [0.3, 0.4) is 0 Å². The molecule has 0 aliphatic heterocycles. The Bertz CT molecular complexity index is 1340. The number of hydrogen-bond donors (Lipinski definition) is 1. The van der Waals surface area contributed by atoms with E-state index in [-0.39, 0.29) is 11.5 Å². The Hall–Kier alpha value is -2.80. The lowest BCUT2D eigenvalue weighted by Crippen LogP contribution is -2.26. The summed E-state index contributed by atoms with van der Waals surface area (Å²) in [5.41, 5.74) is 1.34. The zero-order chi connectivity index (χ0) is 22.0. The van der Waals surface area contributed by atoms with Crippen molar-refractivity contribution in [1.29, 1.82) is 0 Å². The fourth-order valence-corrected chi connectivity index (χ4v) is 4.37. The van der Waals surface area contributed by atoms with Crippen molar-refractivity contribution in [2.45, 2.75) is 17.3 Å². The zero-order valence-electron chi connectivity index (χ0n) is 16.4. The second kappa shape index (κ2) is 9.14. The van der Waals surface area contributed by atoms with Crippen LogP contribution in [-0.4, -0.2) is 20.7 Å². The summed E-state index contributed by atoms with van der Waals surface area (Å²) in [6, 6.07) is 21.1. The van der Waals surface area contributed by atoms with Gasteiger partial charge < -0.3 is 5.32 Å². The molecule has 0 fully saturated rings. The molecule has 31 heavy (non-hydrogen) atoms. The quantitative estimate of drug-likeness (QED) is 0.295. The molecule has 1 amide bonds. The number of benzene rings is 3. The Morgan fingerprint density at radius 3 is 2.35 bits per heavy atom. The van der Waals surface area contributed by atoms with E-state index in [1.165, 1.54) is 16.3 Å². The second-order valence-electron chi connectivity index (χ2n) is 6.73. The molecule has 1 aromatic heterocycles. The van der Waals surface area contributed by atoms with E-state index in [1.54, 1.807) is 73.7 Å². The average Bonchev–Trinajstić information content (AvgIpc) is 2.76. The van der Waals surface area contributed by atoms with Crippen LogP contribution in [0, 0.1) is 0 Å². The van der Waals surface area contributed by atoms with Crippen LogP contribution in [0.4, 0.5) is 5.69 Å². The standard InChI is InChI=1S/C23H17Cl2N3O2S/c1-14(21(29)26-19-12-6-3-9-16(19)24)31-23-27-18-11-5-2-8-15(18)22(30)28(23)20-13-7-4-10-17(20)25/h2-14H,1H3,(H,26,29). The largest absolute Gasteiger partial charge is 0.324 e. The first-order valence-corrected chi connectivity index (χ1v) is 11.1. The number of thioether (sulfide) groups is 1. The number of amides is 1. The van der Waals surface area contributed by atoms with Crippen LogP contribution < -0.4 is 10.9 Å². The van der Waals surface area contributed by atoms with Gasteiger partial charge in [-0.25, -0.2) is 4.98 Å². The Morgan fingerprint density at radius 2 is 1.61 bits per heavy atom. The molecule has 0 saturated carbocycles. The lowest BCUT2D eigenvalue weighted by atomic mass is 10.2. The number of rotatable bonds is 5. The predicted molar refractivity (Wildman–Crippen MR) is 128 cm³/mol. The van der Waals surface area contributed by atoms with E-state index in [9.17, 15) is 9.59 Å². The number of para-hydroxylation sites is 3. The van der Waals surface area contributed by atoms with E-state index in [1.807, 2.05) is 6.07 Å². The van der Waals surface area contributed by atoms with Gasteiger partial charge in [0.1, 0.15) is 0 Å². The summed E-state index contributed by atoms with van der Waals surface area (Å²) in [6.45, 7) is 1.75. The van der Waals surface area contributed by atoms with Crippen LogP contribution in [0.2, 0.25) is 10.0 Å². The summed E-state index contributed by atoms with van der Waals surface area (Å²) < 4.78 is 1.45. The van der Waals surface area contributed by atoms with Gasteiger partial charge in [-0.05, 0) is 43.3 Å². The zero-order valence-corrected chi connectivity index (χ0v) is 18.7. The van der Waals surface area contributed by atoms with Crippen molar-refractivity contribution in [2.24, 2.45) is 0 Å². The fraction of sp³-hybridized carbons (Fsp3) is 0.0870. The summed E-state index contributed by atoms with van der Waals surface area (Å²) in [5.74, 6) is -0.258. The molecule has 4 aromatic rings. The summed E-state index contributed by atoms with van der Waals surface area (Å²) in [7, 11) is 0. The molecule has 1 atom stereocenters. The van der Waals surface area contributed by atoms with Gasteiger partial charge in [0.15, 0.2) is 5.16 Å². The number of carbonyl (C=O) groups excluding carboxylic acids is 1. The van der Waals surface area contributed by atoms with E-state index in [0.717, 1.165) is 0 Å². The number of nitrogens with zero attached hydrogens (tertiary/aromatic N) is 2. The van der Waals surface area contributed by atoms with Crippen LogP contribution in [0.1, 0.15) is 6.92 Å². The van der Waals surface area contributed by atoms with E-state index in [2.05, 4.69) is 10.3 Å². The van der Waals surface area contributed by atoms with Gasteiger partial charge in [0.2, 0.25) is 5.91 Å². The van der Waals surface area contributed by atoms with Gasteiger partial charge in [-0.15, -0.1) is 0 Å². The average molecular weight is 470 g/mol. The number of hydrogen-bond acceptors (Lipinski definition) is 4. The van der Waals surface area contributed by atoms with Gasteiger partial charge in [0, 0.05) is 0 Å². The maximum atomic E-state index is 13.3. The second-order valence-corrected chi connectivity index (χ2v) is 8.86. The minimum absolute atomic E-state index is 0.250. The number of halogens is 2.